The Morgan fingerprint density at radius 1 is 1.29 bits per heavy atom. The molecule has 0 aliphatic heterocycles. The Morgan fingerprint density at radius 2 is 2.00 bits per heavy atom. The van der Waals surface area contributed by atoms with Crippen molar-refractivity contribution in [1.29, 1.82) is 0 Å². The maximum atomic E-state index is 11.4. The minimum Gasteiger partial charge on any atom is -0.390 e. The van der Waals surface area contributed by atoms with Crippen molar-refractivity contribution < 1.29 is 9.90 Å². The second kappa shape index (κ2) is 3.06. The Morgan fingerprint density at radius 3 is 2.71 bits per heavy atom. The third-order valence-corrected chi connectivity index (χ3v) is 4.43. The van der Waals surface area contributed by atoms with Gasteiger partial charge in [-0.05, 0) is 37.5 Å². The fourth-order valence-corrected chi connectivity index (χ4v) is 3.47. The molecule has 14 heavy (non-hydrogen) atoms. The van der Waals surface area contributed by atoms with Crippen LogP contribution in [0.25, 0.3) is 0 Å². The molecule has 0 bridgehead atoms. The largest absolute Gasteiger partial charge is 0.390 e. The SMILES string of the molecule is C[C@@]12CCC[C@](C)(O)C1CC(=O)CC2. The highest BCUT2D eigenvalue weighted by Crippen LogP contribution is 2.53. The van der Waals surface area contributed by atoms with Gasteiger partial charge < -0.3 is 5.11 Å². The summed E-state index contributed by atoms with van der Waals surface area (Å²) in [4.78, 5) is 11.4. The molecule has 1 unspecified atom stereocenters. The van der Waals surface area contributed by atoms with E-state index in [4.69, 9.17) is 0 Å². The van der Waals surface area contributed by atoms with Gasteiger partial charge in [0, 0.05) is 12.8 Å². The van der Waals surface area contributed by atoms with E-state index in [2.05, 4.69) is 6.92 Å². The van der Waals surface area contributed by atoms with Crippen LogP contribution in [0.15, 0.2) is 0 Å². The monoisotopic (exact) mass is 196 g/mol. The Kier molecular flexibility index (Phi) is 2.22. The topological polar surface area (TPSA) is 37.3 Å². The van der Waals surface area contributed by atoms with Crippen molar-refractivity contribution in [2.45, 2.75) is 58.0 Å². The normalized spacial score (nSPS) is 48.8. The van der Waals surface area contributed by atoms with Crippen LogP contribution in [0.4, 0.5) is 0 Å². The van der Waals surface area contributed by atoms with E-state index in [1.165, 1.54) is 6.42 Å². The van der Waals surface area contributed by atoms with Crippen LogP contribution < -0.4 is 0 Å². The van der Waals surface area contributed by atoms with E-state index < -0.39 is 5.60 Å². The maximum absolute atomic E-state index is 11.4. The van der Waals surface area contributed by atoms with E-state index in [1.54, 1.807) is 0 Å². The molecule has 2 heteroatoms. The van der Waals surface area contributed by atoms with E-state index in [1.807, 2.05) is 6.92 Å². The Balaban J connectivity index is 2.26. The van der Waals surface area contributed by atoms with Crippen LogP contribution in [0.3, 0.4) is 0 Å². The fourth-order valence-electron chi connectivity index (χ4n) is 3.47. The second-order valence-corrected chi connectivity index (χ2v) is 5.66. The number of aliphatic hydroxyl groups is 1. The molecule has 2 rings (SSSR count). The number of rotatable bonds is 0. The molecule has 2 aliphatic carbocycles. The number of ketones is 1. The molecule has 2 fully saturated rings. The van der Waals surface area contributed by atoms with Gasteiger partial charge >= 0.3 is 0 Å². The summed E-state index contributed by atoms with van der Waals surface area (Å²) in [6, 6.07) is 0. The van der Waals surface area contributed by atoms with Crippen LogP contribution in [-0.4, -0.2) is 16.5 Å². The van der Waals surface area contributed by atoms with Gasteiger partial charge in [-0.3, -0.25) is 4.79 Å². The lowest BCUT2D eigenvalue weighted by Gasteiger charge is -2.51. The number of fused-ring (bicyclic) bond motifs is 1. The molecule has 0 amide bonds. The van der Waals surface area contributed by atoms with Crippen molar-refractivity contribution in [3.8, 4) is 0 Å². The smallest absolute Gasteiger partial charge is 0.133 e. The lowest BCUT2D eigenvalue weighted by molar-refractivity contribution is -0.143. The van der Waals surface area contributed by atoms with Crippen LogP contribution in [0.5, 0.6) is 0 Å². The van der Waals surface area contributed by atoms with Gasteiger partial charge in [0.1, 0.15) is 5.78 Å². The van der Waals surface area contributed by atoms with Crippen LogP contribution >= 0.6 is 0 Å². The highest BCUT2D eigenvalue weighted by Gasteiger charge is 2.50. The molecule has 3 atom stereocenters. The summed E-state index contributed by atoms with van der Waals surface area (Å²) in [6.07, 6.45) is 5.45. The maximum Gasteiger partial charge on any atom is 0.133 e. The first-order valence-corrected chi connectivity index (χ1v) is 5.68. The molecule has 2 saturated carbocycles. The van der Waals surface area contributed by atoms with Gasteiger partial charge in [-0.15, -0.1) is 0 Å². The molecule has 80 valence electrons. The molecular weight excluding hydrogens is 176 g/mol. The highest BCUT2D eigenvalue weighted by atomic mass is 16.3. The summed E-state index contributed by atoms with van der Waals surface area (Å²) >= 11 is 0. The molecule has 0 radical (unpaired) electrons. The lowest BCUT2D eigenvalue weighted by atomic mass is 9.55. The zero-order valence-corrected chi connectivity index (χ0v) is 9.18. The van der Waals surface area contributed by atoms with Gasteiger partial charge in [0.25, 0.3) is 0 Å². The fraction of sp³-hybridized carbons (Fsp3) is 0.917. The number of hydrogen-bond donors (Lipinski definition) is 1. The predicted molar refractivity (Wildman–Crippen MR) is 54.9 cm³/mol. The van der Waals surface area contributed by atoms with Crippen molar-refractivity contribution in [2.75, 3.05) is 0 Å². The van der Waals surface area contributed by atoms with Gasteiger partial charge in [0.2, 0.25) is 0 Å². The average Bonchev–Trinajstić information content (AvgIpc) is 2.08. The predicted octanol–water partition coefficient (Wildman–Crippen LogP) is 2.30. The third-order valence-electron chi connectivity index (χ3n) is 4.43. The molecule has 0 spiro atoms. The Hall–Kier alpha value is -0.370. The standard InChI is InChI=1S/C12H20O2/c1-11-5-3-6-12(2,14)10(11)8-9(13)4-7-11/h10,14H,3-8H2,1-2H3/t10?,11-,12-/m0/s1. The van der Waals surface area contributed by atoms with E-state index in [-0.39, 0.29) is 11.3 Å². The minimum absolute atomic E-state index is 0.199. The van der Waals surface area contributed by atoms with Gasteiger partial charge in [-0.25, -0.2) is 0 Å². The third kappa shape index (κ3) is 1.50. The number of hydrogen-bond acceptors (Lipinski definition) is 2. The quantitative estimate of drug-likeness (QED) is 0.645. The summed E-state index contributed by atoms with van der Waals surface area (Å²) in [5, 5.41) is 10.3. The van der Waals surface area contributed by atoms with Crippen LogP contribution in [-0.2, 0) is 4.79 Å². The molecule has 2 aliphatic rings. The molecule has 0 aromatic carbocycles. The number of carbonyl (C=O) groups is 1. The first kappa shape index (κ1) is 10.2. The molecule has 2 nitrogen and oxygen atoms in total. The molecule has 1 N–H and O–H groups in total. The molecule has 0 aromatic rings. The van der Waals surface area contributed by atoms with Crippen molar-refractivity contribution in [3.63, 3.8) is 0 Å². The second-order valence-electron chi connectivity index (χ2n) is 5.66. The van der Waals surface area contributed by atoms with Gasteiger partial charge in [0.05, 0.1) is 5.60 Å². The molecule has 0 aromatic heterocycles. The van der Waals surface area contributed by atoms with Crippen molar-refractivity contribution in [2.24, 2.45) is 11.3 Å². The zero-order valence-electron chi connectivity index (χ0n) is 9.18. The first-order valence-electron chi connectivity index (χ1n) is 5.68. The first-order chi connectivity index (χ1) is 6.44. The van der Waals surface area contributed by atoms with Gasteiger partial charge in [0.15, 0.2) is 0 Å². The van der Waals surface area contributed by atoms with E-state index in [0.717, 1.165) is 25.7 Å². The van der Waals surface area contributed by atoms with Crippen molar-refractivity contribution >= 4 is 5.78 Å². The van der Waals surface area contributed by atoms with Crippen molar-refractivity contribution in [1.82, 2.24) is 0 Å². The van der Waals surface area contributed by atoms with Crippen LogP contribution in [0, 0.1) is 11.3 Å². The highest BCUT2D eigenvalue weighted by molar-refractivity contribution is 5.79. The Bertz CT molecular complexity index is 257. The average molecular weight is 196 g/mol. The van der Waals surface area contributed by atoms with Crippen molar-refractivity contribution in [3.05, 3.63) is 0 Å². The Labute approximate surface area is 85.7 Å². The summed E-state index contributed by atoms with van der Waals surface area (Å²) in [5.41, 5.74) is -0.390. The van der Waals surface area contributed by atoms with E-state index in [9.17, 15) is 9.90 Å². The van der Waals surface area contributed by atoms with Crippen LogP contribution in [0.1, 0.15) is 52.4 Å². The number of carbonyl (C=O) groups excluding carboxylic acids is 1. The minimum atomic E-state index is -0.608. The zero-order chi connectivity index (χ0) is 10.4. The van der Waals surface area contributed by atoms with Gasteiger partial charge in [-0.2, -0.15) is 0 Å². The van der Waals surface area contributed by atoms with E-state index in [0.29, 0.717) is 12.2 Å². The molecule has 0 heterocycles. The summed E-state index contributed by atoms with van der Waals surface area (Å²) in [7, 11) is 0. The molecular formula is C12H20O2. The number of Topliss-reactive ketones (excluding diaryl/α,β-unsaturated/α-hetero) is 1. The summed E-state index contributed by atoms with van der Waals surface area (Å²) < 4.78 is 0. The summed E-state index contributed by atoms with van der Waals surface area (Å²) in [5.74, 6) is 0.541. The van der Waals surface area contributed by atoms with E-state index >= 15 is 0 Å². The molecule has 0 saturated heterocycles. The summed E-state index contributed by atoms with van der Waals surface area (Å²) in [6.45, 7) is 4.16. The van der Waals surface area contributed by atoms with Gasteiger partial charge in [-0.1, -0.05) is 13.3 Å². The lowest BCUT2D eigenvalue weighted by Crippen LogP contribution is -2.51. The van der Waals surface area contributed by atoms with Crippen LogP contribution in [0.2, 0.25) is 0 Å².